The van der Waals surface area contributed by atoms with Gasteiger partial charge in [-0.05, 0) is 12.8 Å². The highest BCUT2D eigenvalue weighted by Gasteiger charge is 2.39. The summed E-state index contributed by atoms with van der Waals surface area (Å²) in [5.41, 5.74) is 0.146. The largest absolute Gasteiger partial charge is 0.379 e. The second-order valence-electron chi connectivity index (χ2n) is 5.91. The van der Waals surface area contributed by atoms with E-state index in [1.807, 2.05) is 0 Å². The summed E-state index contributed by atoms with van der Waals surface area (Å²) in [5, 5.41) is 0. The molecule has 3 fully saturated rings. The Kier molecular flexibility index (Phi) is 4.19. The van der Waals surface area contributed by atoms with Crippen molar-refractivity contribution in [3.8, 4) is 0 Å². The van der Waals surface area contributed by atoms with Crippen LogP contribution in [0.1, 0.15) is 38.5 Å². The molecule has 18 heavy (non-hydrogen) atoms. The van der Waals surface area contributed by atoms with Crippen LogP contribution in [0.4, 0.5) is 0 Å². The van der Waals surface area contributed by atoms with Crippen molar-refractivity contribution in [1.82, 2.24) is 4.90 Å². The fourth-order valence-corrected chi connectivity index (χ4v) is 3.52. The predicted octanol–water partition coefficient (Wildman–Crippen LogP) is 1.78. The molecule has 104 valence electrons. The molecule has 0 radical (unpaired) electrons. The van der Waals surface area contributed by atoms with Gasteiger partial charge in [0.15, 0.2) is 0 Å². The van der Waals surface area contributed by atoms with Gasteiger partial charge in [0.2, 0.25) is 0 Å². The minimum Gasteiger partial charge on any atom is -0.379 e. The topological polar surface area (TPSA) is 30.9 Å². The van der Waals surface area contributed by atoms with Crippen LogP contribution in [0, 0.1) is 0 Å². The van der Waals surface area contributed by atoms with Gasteiger partial charge in [0.05, 0.1) is 24.9 Å². The highest BCUT2D eigenvalue weighted by atomic mass is 16.7. The normalized spacial score (nSPS) is 33.7. The molecule has 0 N–H and O–H groups in total. The first-order valence-corrected chi connectivity index (χ1v) is 7.42. The quantitative estimate of drug-likeness (QED) is 0.752. The zero-order valence-electron chi connectivity index (χ0n) is 11.2. The lowest BCUT2D eigenvalue weighted by atomic mass is 9.80. The van der Waals surface area contributed by atoms with Gasteiger partial charge in [0.1, 0.15) is 6.79 Å². The Hall–Kier alpha value is -0.160. The van der Waals surface area contributed by atoms with Crippen LogP contribution in [-0.4, -0.2) is 56.2 Å². The van der Waals surface area contributed by atoms with Gasteiger partial charge in [0.25, 0.3) is 0 Å². The summed E-state index contributed by atoms with van der Waals surface area (Å²) < 4.78 is 17.2. The number of ether oxygens (including phenoxy) is 3. The van der Waals surface area contributed by atoms with E-state index in [2.05, 4.69) is 4.90 Å². The van der Waals surface area contributed by atoms with Crippen LogP contribution in [0.15, 0.2) is 0 Å². The maximum Gasteiger partial charge on any atom is 0.147 e. The third-order valence-corrected chi connectivity index (χ3v) is 4.60. The van der Waals surface area contributed by atoms with Gasteiger partial charge >= 0.3 is 0 Å². The summed E-state index contributed by atoms with van der Waals surface area (Å²) in [6.45, 7) is 5.38. The summed E-state index contributed by atoms with van der Waals surface area (Å²) in [4.78, 5) is 2.47. The molecule has 2 aliphatic heterocycles. The second kappa shape index (κ2) is 5.87. The number of hydrogen-bond acceptors (Lipinski definition) is 4. The van der Waals surface area contributed by atoms with Crippen LogP contribution in [0.2, 0.25) is 0 Å². The molecule has 2 heterocycles. The lowest BCUT2D eigenvalue weighted by Gasteiger charge is -2.44. The van der Waals surface area contributed by atoms with E-state index in [0.717, 1.165) is 39.3 Å². The first-order chi connectivity index (χ1) is 8.86. The molecule has 1 saturated carbocycles. The van der Waals surface area contributed by atoms with Crippen LogP contribution >= 0.6 is 0 Å². The summed E-state index contributed by atoms with van der Waals surface area (Å²) in [6.07, 6.45) is 7.93. The van der Waals surface area contributed by atoms with Crippen molar-refractivity contribution in [3.05, 3.63) is 0 Å². The Labute approximate surface area is 110 Å². The Morgan fingerprint density at radius 3 is 2.61 bits per heavy atom. The van der Waals surface area contributed by atoms with E-state index in [0.29, 0.717) is 12.9 Å². The van der Waals surface area contributed by atoms with Crippen LogP contribution < -0.4 is 0 Å². The van der Waals surface area contributed by atoms with E-state index in [4.69, 9.17) is 14.2 Å². The highest BCUT2D eigenvalue weighted by molar-refractivity contribution is 4.89. The number of morpholine rings is 1. The Balaban J connectivity index is 1.52. The van der Waals surface area contributed by atoms with Crippen molar-refractivity contribution >= 4 is 0 Å². The van der Waals surface area contributed by atoms with Crippen LogP contribution in [0.3, 0.4) is 0 Å². The van der Waals surface area contributed by atoms with Gasteiger partial charge in [-0.2, -0.15) is 0 Å². The van der Waals surface area contributed by atoms with Crippen molar-refractivity contribution in [1.29, 1.82) is 0 Å². The summed E-state index contributed by atoms with van der Waals surface area (Å²) in [5.74, 6) is 0. The molecule has 3 rings (SSSR count). The van der Waals surface area contributed by atoms with Gasteiger partial charge in [-0.1, -0.05) is 19.3 Å². The molecule has 3 aliphatic rings. The fraction of sp³-hybridized carbons (Fsp3) is 1.00. The third-order valence-electron chi connectivity index (χ3n) is 4.60. The minimum absolute atomic E-state index is 0.146. The maximum atomic E-state index is 5.96. The van der Waals surface area contributed by atoms with Crippen LogP contribution in [0.25, 0.3) is 0 Å². The van der Waals surface area contributed by atoms with Crippen molar-refractivity contribution in [2.75, 3.05) is 39.6 Å². The average molecular weight is 255 g/mol. The lowest BCUT2D eigenvalue weighted by Crippen LogP contribution is -2.49. The van der Waals surface area contributed by atoms with Gasteiger partial charge in [-0.3, -0.25) is 4.90 Å². The van der Waals surface area contributed by atoms with Crippen molar-refractivity contribution in [3.63, 3.8) is 0 Å². The van der Waals surface area contributed by atoms with Crippen LogP contribution in [-0.2, 0) is 14.2 Å². The third kappa shape index (κ3) is 3.05. The zero-order chi connectivity index (χ0) is 12.3. The van der Waals surface area contributed by atoms with E-state index in [-0.39, 0.29) is 5.60 Å². The number of nitrogens with zero attached hydrogens (tertiary/aromatic N) is 1. The van der Waals surface area contributed by atoms with Gasteiger partial charge < -0.3 is 14.2 Å². The average Bonchev–Trinajstić information content (AvgIpc) is 2.41. The molecule has 0 aromatic heterocycles. The molecule has 0 amide bonds. The fourth-order valence-electron chi connectivity index (χ4n) is 3.52. The van der Waals surface area contributed by atoms with Crippen LogP contribution in [0.5, 0.6) is 0 Å². The Morgan fingerprint density at radius 2 is 1.83 bits per heavy atom. The molecule has 0 aromatic rings. The van der Waals surface area contributed by atoms with E-state index in [9.17, 15) is 0 Å². The highest BCUT2D eigenvalue weighted by Crippen LogP contribution is 2.38. The van der Waals surface area contributed by atoms with Crippen molar-refractivity contribution < 1.29 is 14.2 Å². The summed E-state index contributed by atoms with van der Waals surface area (Å²) in [6, 6.07) is 0. The molecule has 1 unspecified atom stereocenters. The van der Waals surface area contributed by atoms with Gasteiger partial charge in [-0.25, -0.2) is 0 Å². The molecular weight excluding hydrogens is 230 g/mol. The minimum atomic E-state index is 0.146. The first kappa shape index (κ1) is 12.9. The summed E-state index contributed by atoms with van der Waals surface area (Å²) in [7, 11) is 0. The predicted molar refractivity (Wildman–Crippen MR) is 68.5 cm³/mol. The number of rotatable bonds is 2. The molecule has 1 spiro atoms. The zero-order valence-corrected chi connectivity index (χ0v) is 11.2. The smallest absolute Gasteiger partial charge is 0.147 e. The molecule has 0 aromatic carbocycles. The lowest BCUT2D eigenvalue weighted by molar-refractivity contribution is -0.236. The molecule has 2 saturated heterocycles. The first-order valence-electron chi connectivity index (χ1n) is 7.42. The Bertz CT molecular complexity index is 254. The molecule has 1 aliphatic carbocycles. The summed E-state index contributed by atoms with van der Waals surface area (Å²) >= 11 is 0. The van der Waals surface area contributed by atoms with Gasteiger partial charge in [0, 0.05) is 26.1 Å². The molecule has 0 bridgehead atoms. The molecular formula is C14H25NO3. The van der Waals surface area contributed by atoms with Gasteiger partial charge in [-0.15, -0.1) is 0 Å². The second-order valence-corrected chi connectivity index (χ2v) is 5.91. The van der Waals surface area contributed by atoms with E-state index in [1.165, 1.54) is 32.1 Å². The van der Waals surface area contributed by atoms with E-state index >= 15 is 0 Å². The van der Waals surface area contributed by atoms with E-state index < -0.39 is 0 Å². The molecule has 1 atom stereocenters. The molecule has 4 nitrogen and oxygen atoms in total. The number of hydrogen-bond donors (Lipinski definition) is 0. The standard InChI is InChI=1S/C14H25NO3/c1-2-4-14(5-3-1)10-13(17-12-18-14)11-15-6-8-16-9-7-15/h13H,1-12H2. The van der Waals surface area contributed by atoms with E-state index in [1.54, 1.807) is 0 Å². The van der Waals surface area contributed by atoms with Crippen molar-refractivity contribution in [2.24, 2.45) is 0 Å². The Morgan fingerprint density at radius 1 is 1.06 bits per heavy atom. The van der Waals surface area contributed by atoms with Crippen molar-refractivity contribution in [2.45, 2.75) is 50.2 Å². The molecule has 4 heteroatoms. The monoisotopic (exact) mass is 255 g/mol. The SMILES string of the molecule is C1CCC2(CC1)CC(CN1CCOCC1)OCO2. The maximum absolute atomic E-state index is 5.96.